The molecular weight excluding hydrogens is 350 g/mol. The van der Waals surface area contributed by atoms with Gasteiger partial charge in [0.15, 0.2) is 5.75 Å². The van der Waals surface area contributed by atoms with E-state index in [9.17, 15) is 4.79 Å². The zero-order chi connectivity index (χ0) is 20.0. The molecule has 28 heavy (non-hydrogen) atoms. The summed E-state index contributed by atoms with van der Waals surface area (Å²) in [4.78, 5) is 17.3. The predicted molar refractivity (Wildman–Crippen MR) is 111 cm³/mol. The largest absolute Gasteiger partial charge is 0.483 e. The fraction of sp³-hybridized carbons (Fsp3) is 0.391. The van der Waals surface area contributed by atoms with Gasteiger partial charge in [-0.25, -0.2) is 4.98 Å². The van der Waals surface area contributed by atoms with Gasteiger partial charge in [0.2, 0.25) is 0 Å². The summed E-state index contributed by atoms with van der Waals surface area (Å²) in [6.45, 7) is 6.39. The molecule has 1 aliphatic rings. The Hall–Kier alpha value is -2.82. The van der Waals surface area contributed by atoms with Crippen LogP contribution < -0.4 is 10.1 Å². The van der Waals surface area contributed by atoms with Gasteiger partial charge in [-0.15, -0.1) is 0 Å². The van der Waals surface area contributed by atoms with Gasteiger partial charge in [-0.05, 0) is 42.9 Å². The molecule has 1 N–H and O–H groups in total. The number of nitrogens with zero attached hydrogens (tertiary/aromatic N) is 2. The molecule has 0 aliphatic carbocycles. The summed E-state index contributed by atoms with van der Waals surface area (Å²) < 4.78 is 8.58. The molecule has 1 amide bonds. The minimum Gasteiger partial charge on any atom is -0.483 e. The van der Waals surface area contributed by atoms with Crippen LogP contribution in [0.5, 0.6) is 5.75 Å². The Balaban J connectivity index is 1.88. The minimum absolute atomic E-state index is 0.0310. The van der Waals surface area contributed by atoms with E-state index in [2.05, 4.69) is 43.4 Å². The van der Waals surface area contributed by atoms with Gasteiger partial charge < -0.3 is 14.6 Å². The molecule has 2 aromatic carbocycles. The zero-order valence-electron chi connectivity index (χ0n) is 17.2. The summed E-state index contributed by atoms with van der Waals surface area (Å²) in [7, 11) is 3.64. The van der Waals surface area contributed by atoms with Crippen molar-refractivity contribution in [3.05, 3.63) is 58.4 Å². The number of aryl methyl sites for hydroxylation is 2. The van der Waals surface area contributed by atoms with Gasteiger partial charge in [-0.1, -0.05) is 38.1 Å². The first kappa shape index (κ1) is 18.5. The monoisotopic (exact) mass is 377 g/mol. The van der Waals surface area contributed by atoms with Gasteiger partial charge in [0.05, 0.1) is 5.52 Å². The lowest BCUT2D eigenvalue weighted by Gasteiger charge is -2.30. The molecule has 1 aliphatic heterocycles. The molecule has 0 saturated heterocycles. The van der Waals surface area contributed by atoms with E-state index in [0.717, 1.165) is 41.0 Å². The van der Waals surface area contributed by atoms with Crippen LogP contribution in [-0.2, 0) is 13.5 Å². The van der Waals surface area contributed by atoms with Crippen LogP contribution in [0.15, 0.2) is 30.3 Å². The molecule has 0 radical (unpaired) electrons. The Bertz CT molecular complexity index is 1070. The number of amides is 1. The number of nitrogens with one attached hydrogen (secondary N) is 1. The SMILES string of the molecule is CNC(=O)c1cc2c(nc(C)n2C)c2c1CC[C@@H](c1ccccc1C(C)C)O2. The van der Waals surface area contributed by atoms with Crippen LogP contribution in [0.3, 0.4) is 0 Å². The van der Waals surface area contributed by atoms with E-state index in [4.69, 9.17) is 9.72 Å². The summed E-state index contributed by atoms with van der Waals surface area (Å²) in [6, 6.07) is 10.4. The quantitative estimate of drug-likeness (QED) is 0.735. The second kappa shape index (κ2) is 6.97. The topological polar surface area (TPSA) is 56.2 Å². The van der Waals surface area contributed by atoms with Crippen LogP contribution in [0.4, 0.5) is 0 Å². The van der Waals surface area contributed by atoms with E-state index in [1.807, 2.05) is 24.6 Å². The van der Waals surface area contributed by atoms with E-state index < -0.39 is 0 Å². The van der Waals surface area contributed by atoms with Crippen molar-refractivity contribution in [2.75, 3.05) is 7.05 Å². The van der Waals surface area contributed by atoms with Gasteiger partial charge in [-0.3, -0.25) is 4.79 Å². The lowest BCUT2D eigenvalue weighted by atomic mass is 9.88. The van der Waals surface area contributed by atoms with Crippen LogP contribution in [-0.4, -0.2) is 22.5 Å². The van der Waals surface area contributed by atoms with E-state index in [-0.39, 0.29) is 12.0 Å². The van der Waals surface area contributed by atoms with Crippen LogP contribution >= 0.6 is 0 Å². The maximum Gasteiger partial charge on any atom is 0.251 e. The Morgan fingerprint density at radius 2 is 2.07 bits per heavy atom. The van der Waals surface area contributed by atoms with Crippen molar-refractivity contribution >= 4 is 16.9 Å². The van der Waals surface area contributed by atoms with Crippen LogP contribution in [0.1, 0.15) is 65.2 Å². The average Bonchev–Trinajstić information content (AvgIpc) is 3.00. The maximum absolute atomic E-state index is 12.5. The van der Waals surface area contributed by atoms with Crippen LogP contribution in [0, 0.1) is 6.92 Å². The molecule has 5 nitrogen and oxygen atoms in total. The predicted octanol–water partition coefficient (Wildman–Crippen LogP) is 4.43. The number of aromatic nitrogens is 2. The molecule has 3 aromatic rings. The molecule has 0 bridgehead atoms. The molecule has 0 spiro atoms. The van der Waals surface area contributed by atoms with Gasteiger partial charge in [0.25, 0.3) is 5.91 Å². The van der Waals surface area contributed by atoms with Gasteiger partial charge in [-0.2, -0.15) is 0 Å². The van der Waals surface area contributed by atoms with Crippen molar-refractivity contribution in [2.45, 2.75) is 45.6 Å². The smallest absolute Gasteiger partial charge is 0.251 e. The number of fused-ring (bicyclic) bond motifs is 3. The second-order valence-electron chi connectivity index (χ2n) is 7.83. The van der Waals surface area contributed by atoms with Crippen molar-refractivity contribution in [1.82, 2.24) is 14.9 Å². The van der Waals surface area contributed by atoms with E-state index in [1.54, 1.807) is 7.05 Å². The number of hydrogen-bond donors (Lipinski definition) is 1. The highest BCUT2D eigenvalue weighted by Crippen LogP contribution is 2.43. The molecule has 0 saturated carbocycles. The third-order valence-corrected chi connectivity index (χ3v) is 5.81. The summed E-state index contributed by atoms with van der Waals surface area (Å²) in [6.07, 6.45) is 1.61. The molecule has 2 heterocycles. The minimum atomic E-state index is -0.0818. The number of hydrogen-bond acceptors (Lipinski definition) is 3. The lowest BCUT2D eigenvalue weighted by molar-refractivity contribution is 0.0959. The normalized spacial score (nSPS) is 16.1. The Kier molecular flexibility index (Phi) is 4.61. The fourth-order valence-corrected chi connectivity index (χ4v) is 4.19. The first-order chi connectivity index (χ1) is 13.4. The number of carbonyl (C=O) groups is 1. The molecule has 0 unspecified atom stereocenters. The summed E-state index contributed by atoms with van der Waals surface area (Å²) in [5.41, 5.74) is 5.95. The van der Waals surface area contributed by atoms with Crippen LogP contribution in [0.25, 0.3) is 11.0 Å². The van der Waals surface area contributed by atoms with E-state index in [1.165, 1.54) is 11.1 Å². The molecule has 4 rings (SSSR count). The Morgan fingerprint density at radius 3 is 2.79 bits per heavy atom. The zero-order valence-corrected chi connectivity index (χ0v) is 17.2. The summed E-state index contributed by atoms with van der Waals surface area (Å²) in [5.74, 6) is 2.01. The highest BCUT2D eigenvalue weighted by molar-refractivity contribution is 6.01. The molecule has 1 aromatic heterocycles. The van der Waals surface area contributed by atoms with E-state index >= 15 is 0 Å². The molecule has 0 fully saturated rings. The maximum atomic E-state index is 12.5. The standard InChI is InChI=1S/C23H27N3O2/c1-13(2)15-8-6-7-9-16(15)20-11-10-17-18(23(27)24-4)12-19-21(22(17)28-20)25-14(3)26(19)5/h6-9,12-13,20H,10-11H2,1-5H3,(H,24,27)/t20-/m0/s1. The summed E-state index contributed by atoms with van der Waals surface area (Å²) in [5, 5.41) is 2.77. The lowest BCUT2D eigenvalue weighted by Crippen LogP contribution is -2.24. The van der Waals surface area contributed by atoms with E-state index in [0.29, 0.717) is 11.5 Å². The van der Waals surface area contributed by atoms with Crippen molar-refractivity contribution in [3.63, 3.8) is 0 Å². The first-order valence-electron chi connectivity index (χ1n) is 9.88. The van der Waals surface area contributed by atoms with Gasteiger partial charge in [0.1, 0.15) is 17.4 Å². The van der Waals surface area contributed by atoms with Crippen LogP contribution in [0.2, 0.25) is 0 Å². The molecular formula is C23H27N3O2. The highest BCUT2D eigenvalue weighted by atomic mass is 16.5. The number of benzene rings is 2. The Labute approximate surface area is 165 Å². The first-order valence-corrected chi connectivity index (χ1v) is 9.88. The van der Waals surface area contributed by atoms with Crippen molar-refractivity contribution in [3.8, 4) is 5.75 Å². The number of imidazole rings is 1. The van der Waals surface area contributed by atoms with Gasteiger partial charge in [0, 0.05) is 25.2 Å². The number of rotatable bonds is 3. The fourth-order valence-electron chi connectivity index (χ4n) is 4.19. The second-order valence-corrected chi connectivity index (χ2v) is 7.83. The number of carbonyl (C=O) groups excluding carboxylic acids is 1. The Morgan fingerprint density at radius 1 is 1.32 bits per heavy atom. The third kappa shape index (κ3) is 2.86. The van der Waals surface area contributed by atoms with Crippen molar-refractivity contribution in [2.24, 2.45) is 7.05 Å². The average molecular weight is 377 g/mol. The van der Waals surface area contributed by atoms with Crippen molar-refractivity contribution in [1.29, 1.82) is 0 Å². The van der Waals surface area contributed by atoms with Gasteiger partial charge >= 0.3 is 0 Å². The van der Waals surface area contributed by atoms with Crippen molar-refractivity contribution < 1.29 is 9.53 Å². The number of ether oxygens (including phenoxy) is 1. The molecule has 1 atom stereocenters. The summed E-state index contributed by atoms with van der Waals surface area (Å²) >= 11 is 0. The highest BCUT2D eigenvalue weighted by Gasteiger charge is 2.30. The third-order valence-electron chi connectivity index (χ3n) is 5.81. The molecule has 146 valence electrons. The molecule has 5 heteroatoms.